The van der Waals surface area contributed by atoms with Crippen LogP contribution < -0.4 is 11.3 Å². The molecule has 106 valence electrons. The van der Waals surface area contributed by atoms with Crippen LogP contribution >= 0.6 is 23.4 Å². The smallest absolute Gasteiger partial charge is 0.0834 e. The molecule has 0 amide bonds. The second kappa shape index (κ2) is 5.77. The summed E-state index contributed by atoms with van der Waals surface area (Å²) in [6, 6.07) is 8.45. The molecule has 2 unspecified atom stereocenters. The quantitative estimate of drug-likeness (QED) is 0.673. The molecule has 2 heterocycles. The Balaban J connectivity index is 2.01. The number of hydrogen-bond acceptors (Lipinski definition) is 4. The second-order valence-electron chi connectivity index (χ2n) is 4.79. The van der Waals surface area contributed by atoms with Crippen molar-refractivity contribution in [3.8, 4) is 0 Å². The summed E-state index contributed by atoms with van der Waals surface area (Å²) in [7, 11) is 0. The lowest BCUT2D eigenvalue weighted by molar-refractivity contribution is 0.443. The average Bonchev–Trinajstić information content (AvgIpc) is 3.06. The van der Waals surface area contributed by atoms with Crippen LogP contribution in [0.3, 0.4) is 0 Å². The van der Waals surface area contributed by atoms with E-state index in [1.165, 1.54) is 10.5 Å². The van der Waals surface area contributed by atoms with Gasteiger partial charge < -0.3 is 0 Å². The average molecular weight is 309 g/mol. The largest absolute Gasteiger partial charge is 0.271 e. The van der Waals surface area contributed by atoms with Crippen molar-refractivity contribution >= 4 is 23.4 Å². The predicted octanol–water partition coefficient (Wildman–Crippen LogP) is 2.95. The predicted molar refractivity (Wildman–Crippen MR) is 82.9 cm³/mol. The van der Waals surface area contributed by atoms with Gasteiger partial charge in [-0.2, -0.15) is 5.10 Å². The molecule has 0 aliphatic carbocycles. The Labute approximate surface area is 127 Å². The molecule has 1 aliphatic rings. The van der Waals surface area contributed by atoms with Gasteiger partial charge in [0, 0.05) is 23.1 Å². The third-order valence-corrected chi connectivity index (χ3v) is 5.25. The van der Waals surface area contributed by atoms with Gasteiger partial charge in [0.05, 0.1) is 23.0 Å². The molecule has 0 saturated carbocycles. The molecule has 0 spiro atoms. The zero-order valence-corrected chi connectivity index (χ0v) is 12.8. The van der Waals surface area contributed by atoms with E-state index in [2.05, 4.69) is 41.7 Å². The number of nitrogens with one attached hydrogen (secondary N) is 1. The Hall–Kier alpha value is -1.01. The fraction of sp³-hybridized carbons (Fsp3) is 0.357. The molecule has 4 nitrogen and oxygen atoms in total. The van der Waals surface area contributed by atoms with Crippen LogP contribution in [-0.2, 0) is 6.54 Å². The zero-order valence-electron chi connectivity index (χ0n) is 11.2. The molecule has 3 rings (SSSR count). The fourth-order valence-electron chi connectivity index (χ4n) is 2.78. The second-order valence-corrected chi connectivity index (χ2v) is 6.26. The van der Waals surface area contributed by atoms with Crippen LogP contribution in [0, 0.1) is 0 Å². The molecule has 6 heteroatoms. The van der Waals surface area contributed by atoms with Crippen LogP contribution in [0.5, 0.6) is 0 Å². The van der Waals surface area contributed by atoms with Crippen molar-refractivity contribution in [2.24, 2.45) is 5.84 Å². The van der Waals surface area contributed by atoms with E-state index < -0.39 is 0 Å². The van der Waals surface area contributed by atoms with Gasteiger partial charge in [-0.3, -0.25) is 16.0 Å². The van der Waals surface area contributed by atoms with Gasteiger partial charge in [-0.15, -0.1) is 11.8 Å². The van der Waals surface area contributed by atoms with Crippen molar-refractivity contribution < 1.29 is 0 Å². The number of nitrogens with two attached hydrogens (primary N) is 1. The van der Waals surface area contributed by atoms with E-state index >= 15 is 0 Å². The highest BCUT2D eigenvalue weighted by atomic mass is 35.5. The number of nitrogens with zero attached hydrogens (tertiary/aromatic N) is 2. The Morgan fingerprint density at radius 1 is 1.55 bits per heavy atom. The number of hydrazine groups is 1. The minimum Gasteiger partial charge on any atom is -0.271 e. The molecule has 0 bridgehead atoms. The van der Waals surface area contributed by atoms with Gasteiger partial charge in [0.2, 0.25) is 0 Å². The highest BCUT2D eigenvalue weighted by Gasteiger charge is 2.33. The summed E-state index contributed by atoms with van der Waals surface area (Å²) < 4.78 is 1.92. The van der Waals surface area contributed by atoms with Crippen molar-refractivity contribution in [2.75, 3.05) is 5.75 Å². The van der Waals surface area contributed by atoms with Crippen LogP contribution in [0.15, 0.2) is 35.4 Å². The third-order valence-electron chi connectivity index (χ3n) is 3.75. The van der Waals surface area contributed by atoms with E-state index in [0.717, 1.165) is 18.0 Å². The summed E-state index contributed by atoms with van der Waals surface area (Å²) in [5, 5.41) is 4.98. The van der Waals surface area contributed by atoms with Crippen LogP contribution in [0.1, 0.15) is 30.1 Å². The minimum absolute atomic E-state index is 0.0268. The lowest BCUT2D eigenvalue weighted by Crippen LogP contribution is -2.34. The summed E-state index contributed by atoms with van der Waals surface area (Å²) in [5.41, 5.74) is 5.25. The molecule has 3 N–H and O–H groups in total. The Kier molecular flexibility index (Phi) is 4.03. The molecule has 0 saturated heterocycles. The lowest BCUT2D eigenvalue weighted by atomic mass is 9.91. The molecule has 20 heavy (non-hydrogen) atoms. The number of hydrogen-bond donors (Lipinski definition) is 2. The standard InChI is InChI=1S/C14H17ClN4S/c1-2-19-14(11(15)7-17-19)13(18-16)10-8-20-12-6-4-3-5-9(10)12/h3-7,10,13,18H,2,8,16H2,1H3. The Morgan fingerprint density at radius 2 is 2.35 bits per heavy atom. The number of halogens is 1. The van der Waals surface area contributed by atoms with E-state index in [-0.39, 0.29) is 6.04 Å². The maximum absolute atomic E-state index is 6.32. The molecular weight excluding hydrogens is 292 g/mol. The summed E-state index contributed by atoms with van der Waals surface area (Å²) in [6.45, 7) is 2.83. The van der Waals surface area contributed by atoms with Crippen molar-refractivity contribution in [3.63, 3.8) is 0 Å². The SMILES string of the molecule is CCn1ncc(Cl)c1C(NN)C1CSc2ccccc21. The van der Waals surface area contributed by atoms with E-state index in [1.54, 1.807) is 6.20 Å². The summed E-state index contributed by atoms with van der Waals surface area (Å²) in [6.07, 6.45) is 1.69. The zero-order chi connectivity index (χ0) is 14.1. The van der Waals surface area contributed by atoms with Gasteiger partial charge in [-0.05, 0) is 18.6 Å². The topological polar surface area (TPSA) is 55.9 Å². The van der Waals surface area contributed by atoms with Crippen LogP contribution in [0.25, 0.3) is 0 Å². The maximum Gasteiger partial charge on any atom is 0.0834 e. The number of thioether (sulfide) groups is 1. The first-order chi connectivity index (χ1) is 9.76. The minimum atomic E-state index is -0.0268. The molecule has 2 atom stereocenters. The number of aromatic nitrogens is 2. The van der Waals surface area contributed by atoms with Gasteiger partial charge in [-0.25, -0.2) is 0 Å². The first-order valence-corrected chi connectivity index (χ1v) is 8.01. The summed E-state index contributed by atoms with van der Waals surface area (Å²) in [4.78, 5) is 1.33. The first kappa shape index (κ1) is 13.9. The lowest BCUT2D eigenvalue weighted by Gasteiger charge is -2.24. The molecule has 0 fully saturated rings. The normalized spacial score (nSPS) is 19.1. The van der Waals surface area contributed by atoms with Crippen LogP contribution in [0.2, 0.25) is 5.02 Å². The van der Waals surface area contributed by atoms with Crippen LogP contribution in [0.4, 0.5) is 0 Å². The van der Waals surface area contributed by atoms with E-state index in [9.17, 15) is 0 Å². The Morgan fingerprint density at radius 3 is 3.10 bits per heavy atom. The van der Waals surface area contributed by atoms with Crippen molar-refractivity contribution in [2.45, 2.75) is 30.3 Å². The molecule has 1 aromatic carbocycles. The highest BCUT2D eigenvalue weighted by Crippen LogP contribution is 2.46. The fourth-order valence-corrected chi connectivity index (χ4v) is 4.33. The van der Waals surface area contributed by atoms with Gasteiger partial charge in [0.15, 0.2) is 0 Å². The molecule has 2 aromatic rings. The first-order valence-electron chi connectivity index (χ1n) is 6.65. The van der Waals surface area contributed by atoms with Crippen molar-refractivity contribution in [1.82, 2.24) is 15.2 Å². The number of aryl methyl sites for hydroxylation is 1. The van der Waals surface area contributed by atoms with E-state index in [4.69, 9.17) is 17.4 Å². The van der Waals surface area contributed by atoms with Gasteiger partial charge in [0.25, 0.3) is 0 Å². The highest BCUT2D eigenvalue weighted by molar-refractivity contribution is 7.99. The number of benzene rings is 1. The molecular formula is C14H17ClN4S. The molecule has 1 aliphatic heterocycles. The van der Waals surface area contributed by atoms with E-state index in [1.807, 2.05) is 16.4 Å². The van der Waals surface area contributed by atoms with Crippen LogP contribution in [-0.4, -0.2) is 15.5 Å². The number of fused-ring (bicyclic) bond motifs is 1. The van der Waals surface area contributed by atoms with Crippen molar-refractivity contribution in [1.29, 1.82) is 0 Å². The van der Waals surface area contributed by atoms with E-state index in [0.29, 0.717) is 10.9 Å². The maximum atomic E-state index is 6.32. The molecule has 1 aromatic heterocycles. The monoisotopic (exact) mass is 308 g/mol. The van der Waals surface area contributed by atoms with Gasteiger partial charge in [-0.1, -0.05) is 29.8 Å². The van der Waals surface area contributed by atoms with Gasteiger partial charge >= 0.3 is 0 Å². The van der Waals surface area contributed by atoms with Gasteiger partial charge in [0.1, 0.15) is 0 Å². The molecule has 0 radical (unpaired) electrons. The number of rotatable bonds is 4. The summed E-state index contributed by atoms with van der Waals surface area (Å²) in [5.74, 6) is 7.14. The summed E-state index contributed by atoms with van der Waals surface area (Å²) >= 11 is 8.19. The Bertz CT molecular complexity index is 613. The van der Waals surface area contributed by atoms with Crippen molar-refractivity contribution in [3.05, 3.63) is 46.7 Å². The third kappa shape index (κ3) is 2.24.